The molecule has 0 aromatic rings. The molecule has 24 heavy (non-hydrogen) atoms. The predicted octanol–water partition coefficient (Wildman–Crippen LogP) is 4.36. The van der Waals surface area contributed by atoms with E-state index in [-0.39, 0.29) is 0 Å². The number of hydrazone groups is 1. The van der Waals surface area contributed by atoms with E-state index in [4.69, 9.17) is 5.73 Å². The van der Waals surface area contributed by atoms with Crippen molar-refractivity contribution in [2.24, 2.45) is 39.4 Å². The van der Waals surface area contributed by atoms with Gasteiger partial charge in [0, 0.05) is 0 Å². The number of nitrogens with zero attached hydrogens (tertiary/aromatic N) is 1. The van der Waals surface area contributed by atoms with E-state index in [1.54, 1.807) is 5.57 Å². The predicted molar refractivity (Wildman–Crippen MR) is 96.5 cm³/mol. The molecule has 0 aromatic carbocycles. The van der Waals surface area contributed by atoms with Gasteiger partial charge >= 0.3 is 6.03 Å². The van der Waals surface area contributed by atoms with Crippen molar-refractivity contribution < 1.29 is 4.79 Å². The van der Waals surface area contributed by atoms with Gasteiger partial charge in [0.25, 0.3) is 0 Å². The Balaban J connectivity index is 1.60. The summed E-state index contributed by atoms with van der Waals surface area (Å²) in [7, 11) is 0. The van der Waals surface area contributed by atoms with Crippen LogP contribution in [-0.2, 0) is 0 Å². The molecule has 5 unspecified atom stereocenters. The average molecular weight is 329 g/mol. The molecule has 4 aliphatic carbocycles. The van der Waals surface area contributed by atoms with Crippen molar-refractivity contribution >= 4 is 11.7 Å². The first-order valence-electron chi connectivity index (χ1n) is 9.75. The third kappa shape index (κ3) is 2.41. The van der Waals surface area contributed by atoms with Gasteiger partial charge in [-0.15, -0.1) is 0 Å². The number of nitrogens with two attached hydrogens (primary N) is 1. The summed E-state index contributed by atoms with van der Waals surface area (Å²) in [5, 5.41) is 4.19. The van der Waals surface area contributed by atoms with Gasteiger partial charge in [0.05, 0.1) is 5.71 Å². The first-order valence-corrected chi connectivity index (χ1v) is 9.75. The maximum absolute atomic E-state index is 10.9. The van der Waals surface area contributed by atoms with Crippen molar-refractivity contribution in [3.8, 4) is 0 Å². The molecule has 0 spiro atoms. The highest BCUT2D eigenvalue weighted by atomic mass is 16.2. The number of hydrogen-bond acceptors (Lipinski definition) is 2. The van der Waals surface area contributed by atoms with Crippen LogP contribution in [0.1, 0.15) is 71.6 Å². The maximum Gasteiger partial charge on any atom is 0.332 e. The Kier molecular flexibility index (Phi) is 3.77. The summed E-state index contributed by atoms with van der Waals surface area (Å²) >= 11 is 0. The fourth-order valence-corrected chi connectivity index (χ4v) is 6.78. The van der Waals surface area contributed by atoms with E-state index in [0.717, 1.165) is 29.9 Å². The Morgan fingerprint density at radius 1 is 1.17 bits per heavy atom. The molecule has 3 N–H and O–H groups in total. The lowest BCUT2D eigenvalue weighted by atomic mass is 9.47. The van der Waals surface area contributed by atoms with Gasteiger partial charge in [-0.3, -0.25) is 0 Å². The number of carbonyl (C=O) groups excluding carboxylic acids is 1. The van der Waals surface area contributed by atoms with Gasteiger partial charge in [0.2, 0.25) is 0 Å². The number of hydrogen-bond donors (Lipinski definition) is 2. The Labute approximate surface area is 145 Å². The Bertz CT molecular complexity index is 610. The van der Waals surface area contributed by atoms with Gasteiger partial charge in [-0.25, -0.2) is 10.2 Å². The molecule has 0 heterocycles. The van der Waals surface area contributed by atoms with Crippen LogP contribution in [0.25, 0.3) is 0 Å². The van der Waals surface area contributed by atoms with Crippen LogP contribution in [0, 0.1) is 28.6 Å². The molecule has 0 radical (unpaired) electrons. The molecule has 4 nitrogen and oxygen atoms in total. The van der Waals surface area contributed by atoms with E-state index < -0.39 is 6.03 Å². The summed E-state index contributed by atoms with van der Waals surface area (Å²) in [6, 6.07) is -0.578. The normalized spacial score (nSPS) is 45.8. The van der Waals surface area contributed by atoms with Gasteiger partial charge in [0.1, 0.15) is 0 Å². The summed E-state index contributed by atoms with van der Waals surface area (Å²) in [5.74, 6) is 2.73. The summed E-state index contributed by atoms with van der Waals surface area (Å²) in [5.41, 5.74) is 11.1. The van der Waals surface area contributed by atoms with Crippen LogP contribution < -0.4 is 11.2 Å². The highest BCUT2D eigenvalue weighted by molar-refractivity contribution is 5.97. The minimum Gasteiger partial charge on any atom is -0.350 e. The van der Waals surface area contributed by atoms with Crippen LogP contribution in [-0.4, -0.2) is 11.7 Å². The summed E-state index contributed by atoms with van der Waals surface area (Å²) in [6.07, 6.45) is 14.1. The summed E-state index contributed by atoms with van der Waals surface area (Å²) < 4.78 is 0. The van der Waals surface area contributed by atoms with E-state index in [1.807, 2.05) is 0 Å². The lowest BCUT2D eigenvalue weighted by Gasteiger charge is -2.57. The standard InChI is InChI=1S/C20H31N3O/c1-19-9-3-4-16(19)15-6-5-13-12-14(22-23-18(21)24)7-11-20(13,2)17(15)8-10-19/h12,15-17H,3-11H2,1-2H3,(H3,21,23,24). The van der Waals surface area contributed by atoms with Gasteiger partial charge in [0.15, 0.2) is 0 Å². The number of urea groups is 1. The Morgan fingerprint density at radius 3 is 2.79 bits per heavy atom. The topological polar surface area (TPSA) is 67.5 Å². The molecule has 0 bridgehead atoms. The second-order valence-corrected chi connectivity index (χ2v) is 9.17. The minimum absolute atomic E-state index is 0.346. The van der Waals surface area contributed by atoms with Crippen LogP contribution in [0.15, 0.2) is 16.8 Å². The molecule has 5 atom stereocenters. The number of allylic oxidation sites excluding steroid dienone is 2. The van der Waals surface area contributed by atoms with Gasteiger partial charge in [-0.2, -0.15) is 5.10 Å². The van der Waals surface area contributed by atoms with Crippen LogP contribution in [0.2, 0.25) is 0 Å². The zero-order valence-corrected chi connectivity index (χ0v) is 15.1. The average Bonchev–Trinajstić information content (AvgIpc) is 2.94. The van der Waals surface area contributed by atoms with Gasteiger partial charge < -0.3 is 5.73 Å². The van der Waals surface area contributed by atoms with Crippen molar-refractivity contribution in [2.45, 2.75) is 71.6 Å². The molecule has 4 heteroatoms. The first kappa shape index (κ1) is 16.2. The summed E-state index contributed by atoms with van der Waals surface area (Å²) in [6.45, 7) is 5.07. The summed E-state index contributed by atoms with van der Waals surface area (Å²) in [4.78, 5) is 10.9. The zero-order chi connectivity index (χ0) is 16.9. The van der Waals surface area contributed by atoms with Crippen LogP contribution >= 0.6 is 0 Å². The van der Waals surface area contributed by atoms with Crippen molar-refractivity contribution in [2.75, 3.05) is 0 Å². The molecule has 4 aliphatic rings. The molecule has 0 saturated heterocycles. The SMILES string of the molecule is CC12CCCC1C1CCC3=CC(=NNC(N)=O)CCC3(C)C1CC2. The third-order valence-electron chi connectivity index (χ3n) is 8.07. The molecular formula is C20H31N3O. The molecule has 4 rings (SSSR count). The molecule has 132 valence electrons. The second kappa shape index (κ2) is 5.60. The molecular weight excluding hydrogens is 298 g/mol. The number of nitrogens with one attached hydrogen (secondary N) is 1. The van der Waals surface area contributed by atoms with Gasteiger partial charge in [-0.05, 0) is 86.0 Å². The lowest BCUT2D eigenvalue weighted by Crippen LogP contribution is -2.49. The van der Waals surface area contributed by atoms with Crippen LogP contribution in [0.5, 0.6) is 0 Å². The number of primary amides is 1. The maximum atomic E-state index is 10.9. The number of fused-ring (bicyclic) bond motifs is 5. The highest BCUT2D eigenvalue weighted by Crippen LogP contribution is 2.65. The third-order valence-corrected chi connectivity index (χ3v) is 8.07. The Morgan fingerprint density at radius 2 is 2.00 bits per heavy atom. The lowest BCUT2D eigenvalue weighted by molar-refractivity contribution is -0.0335. The van der Waals surface area contributed by atoms with Crippen molar-refractivity contribution in [1.29, 1.82) is 0 Å². The molecule has 3 fully saturated rings. The van der Waals surface area contributed by atoms with Crippen LogP contribution in [0.4, 0.5) is 4.79 Å². The smallest absolute Gasteiger partial charge is 0.332 e. The molecule has 2 amide bonds. The number of amides is 2. The fraction of sp³-hybridized carbons (Fsp3) is 0.800. The van der Waals surface area contributed by atoms with Crippen molar-refractivity contribution in [3.63, 3.8) is 0 Å². The monoisotopic (exact) mass is 329 g/mol. The van der Waals surface area contributed by atoms with Crippen LogP contribution in [0.3, 0.4) is 0 Å². The highest BCUT2D eigenvalue weighted by Gasteiger charge is 2.55. The van der Waals surface area contributed by atoms with E-state index >= 15 is 0 Å². The zero-order valence-electron chi connectivity index (χ0n) is 15.1. The number of rotatable bonds is 1. The fourth-order valence-electron chi connectivity index (χ4n) is 6.78. The number of carbonyl (C=O) groups is 1. The van der Waals surface area contributed by atoms with Crippen molar-refractivity contribution in [1.82, 2.24) is 5.43 Å². The van der Waals surface area contributed by atoms with E-state index in [9.17, 15) is 4.79 Å². The van der Waals surface area contributed by atoms with E-state index in [2.05, 4.69) is 30.5 Å². The largest absolute Gasteiger partial charge is 0.350 e. The molecule has 3 saturated carbocycles. The second-order valence-electron chi connectivity index (χ2n) is 9.17. The van der Waals surface area contributed by atoms with Gasteiger partial charge in [-0.1, -0.05) is 25.8 Å². The Hall–Kier alpha value is -1.32. The first-order chi connectivity index (χ1) is 11.4. The minimum atomic E-state index is -0.578. The molecule has 0 aliphatic heterocycles. The molecule has 0 aromatic heterocycles. The van der Waals surface area contributed by atoms with E-state index in [1.165, 1.54) is 51.4 Å². The quantitative estimate of drug-likeness (QED) is 0.689. The van der Waals surface area contributed by atoms with Crippen molar-refractivity contribution in [3.05, 3.63) is 11.6 Å². The van der Waals surface area contributed by atoms with E-state index in [0.29, 0.717) is 10.8 Å².